The second-order valence-electron chi connectivity index (χ2n) is 12.4. The Kier molecular flexibility index (Phi) is 8.54. The number of pyridine rings is 1. The molecule has 212 valence electrons. The highest BCUT2D eigenvalue weighted by Crippen LogP contribution is 2.51. The van der Waals surface area contributed by atoms with Gasteiger partial charge in [0.15, 0.2) is 5.82 Å². The quantitative estimate of drug-likeness (QED) is 0.495. The summed E-state index contributed by atoms with van der Waals surface area (Å²) >= 11 is 0. The molecule has 8 nitrogen and oxygen atoms in total. The van der Waals surface area contributed by atoms with E-state index in [2.05, 4.69) is 57.1 Å². The molecule has 1 amide bonds. The van der Waals surface area contributed by atoms with E-state index >= 15 is 0 Å². The molecule has 0 radical (unpaired) electrons. The minimum atomic E-state index is -1.02. The first-order valence-corrected chi connectivity index (χ1v) is 14.1. The van der Waals surface area contributed by atoms with Crippen LogP contribution in [0.25, 0.3) is 0 Å². The molecule has 0 aliphatic carbocycles. The maximum absolute atomic E-state index is 14.3. The average Bonchev–Trinajstić information content (AvgIpc) is 3.24. The van der Waals surface area contributed by atoms with Crippen LogP contribution in [0.3, 0.4) is 0 Å². The Hall–Kier alpha value is -3.13. The molecule has 2 aliphatic heterocycles. The first-order valence-electron chi connectivity index (χ1n) is 14.1. The van der Waals surface area contributed by atoms with Gasteiger partial charge in [-0.25, -0.2) is 9.78 Å². The number of hydrogen-bond donors (Lipinski definition) is 2. The molecular weight excluding hydrogens is 492 g/mol. The number of carbonyl (C=O) groups excluding carboxylic acids is 1. The van der Waals surface area contributed by atoms with Crippen molar-refractivity contribution in [2.45, 2.75) is 84.0 Å². The van der Waals surface area contributed by atoms with Crippen molar-refractivity contribution in [2.24, 2.45) is 11.3 Å². The fraction of sp³-hybridized carbons (Fsp3) is 0.581. The second-order valence-corrected chi connectivity index (χ2v) is 12.4. The molecule has 39 heavy (non-hydrogen) atoms. The normalized spacial score (nSPS) is 25.5. The number of rotatable bonds is 7. The lowest BCUT2D eigenvalue weighted by molar-refractivity contribution is -0.159. The van der Waals surface area contributed by atoms with Gasteiger partial charge in [-0.1, -0.05) is 58.9 Å². The molecule has 8 heteroatoms. The van der Waals surface area contributed by atoms with Gasteiger partial charge >= 0.3 is 5.97 Å². The third-order valence-electron chi connectivity index (χ3n) is 8.10. The minimum Gasteiger partial charge on any atom is -0.480 e. The van der Waals surface area contributed by atoms with E-state index in [4.69, 9.17) is 4.74 Å². The lowest BCUT2D eigenvalue weighted by Crippen LogP contribution is -2.51. The molecule has 4 rings (SSSR count). The van der Waals surface area contributed by atoms with Gasteiger partial charge in [-0.2, -0.15) is 0 Å². The van der Waals surface area contributed by atoms with Gasteiger partial charge in [-0.05, 0) is 53.9 Å². The smallest absolute Gasteiger partial charge is 0.326 e. The number of benzene rings is 1. The summed E-state index contributed by atoms with van der Waals surface area (Å²) in [6, 6.07) is 10.1. The van der Waals surface area contributed by atoms with Crippen molar-refractivity contribution < 1.29 is 19.4 Å². The summed E-state index contributed by atoms with van der Waals surface area (Å²) in [6.45, 7) is 11.0. The van der Waals surface area contributed by atoms with Crippen molar-refractivity contribution in [1.82, 2.24) is 9.88 Å². The van der Waals surface area contributed by atoms with Gasteiger partial charge in [-0.15, -0.1) is 0 Å². The number of amides is 1. The Labute approximate surface area is 232 Å². The molecule has 2 aromatic rings. The second kappa shape index (κ2) is 11.5. The molecule has 5 atom stereocenters. The summed E-state index contributed by atoms with van der Waals surface area (Å²) in [5.74, 6) is -0.675. The van der Waals surface area contributed by atoms with E-state index in [1.807, 2.05) is 43.3 Å². The maximum atomic E-state index is 14.3. The molecule has 0 saturated carbocycles. The van der Waals surface area contributed by atoms with Crippen LogP contribution in [-0.4, -0.2) is 65.8 Å². The van der Waals surface area contributed by atoms with Crippen LogP contribution >= 0.6 is 0 Å². The lowest BCUT2D eigenvalue weighted by atomic mass is 9.72. The van der Waals surface area contributed by atoms with E-state index in [0.717, 1.165) is 35.5 Å². The summed E-state index contributed by atoms with van der Waals surface area (Å²) in [4.78, 5) is 35.6. The van der Waals surface area contributed by atoms with Crippen molar-refractivity contribution in [2.75, 3.05) is 30.9 Å². The molecule has 0 unspecified atom stereocenters. The van der Waals surface area contributed by atoms with Crippen molar-refractivity contribution >= 4 is 23.4 Å². The third-order valence-corrected chi connectivity index (χ3v) is 8.10. The van der Waals surface area contributed by atoms with E-state index in [1.54, 1.807) is 11.1 Å². The van der Waals surface area contributed by atoms with Crippen molar-refractivity contribution in [3.63, 3.8) is 0 Å². The van der Waals surface area contributed by atoms with Crippen molar-refractivity contribution in [3.05, 3.63) is 53.7 Å². The van der Waals surface area contributed by atoms with Crippen molar-refractivity contribution in [1.29, 1.82) is 0 Å². The first-order chi connectivity index (χ1) is 18.4. The zero-order chi connectivity index (χ0) is 28.5. The molecule has 0 bridgehead atoms. The topological polar surface area (TPSA) is 95.0 Å². The number of carboxylic acid groups (broad SMARTS) is 1. The molecule has 1 aromatic heterocycles. The van der Waals surface area contributed by atoms with Crippen LogP contribution in [-0.2, 0) is 14.3 Å². The average molecular weight is 537 g/mol. The van der Waals surface area contributed by atoms with E-state index in [0.29, 0.717) is 13.0 Å². The van der Waals surface area contributed by atoms with Gasteiger partial charge in [0.05, 0.1) is 17.8 Å². The number of carboxylic acids is 1. The molecule has 1 aromatic carbocycles. The highest BCUT2D eigenvalue weighted by Gasteiger charge is 2.59. The highest BCUT2D eigenvalue weighted by molar-refractivity contribution is 5.88. The molecule has 0 spiro atoms. The molecule has 2 saturated heterocycles. The Morgan fingerprint density at radius 3 is 2.44 bits per heavy atom. The van der Waals surface area contributed by atoms with Gasteiger partial charge in [0.25, 0.3) is 5.91 Å². The monoisotopic (exact) mass is 536 g/mol. The van der Waals surface area contributed by atoms with Gasteiger partial charge < -0.3 is 25.0 Å². The summed E-state index contributed by atoms with van der Waals surface area (Å²) in [7, 11) is 3.87. The zero-order valence-corrected chi connectivity index (χ0v) is 24.3. The number of aliphatic carboxylic acids is 1. The van der Waals surface area contributed by atoms with Crippen LogP contribution < -0.4 is 10.2 Å². The number of hydrogen-bond acceptors (Lipinski definition) is 6. The maximum Gasteiger partial charge on any atom is 0.326 e. The fourth-order valence-electron chi connectivity index (χ4n) is 6.44. The van der Waals surface area contributed by atoms with Crippen LogP contribution in [0.1, 0.15) is 77.0 Å². The van der Waals surface area contributed by atoms with Gasteiger partial charge in [0.1, 0.15) is 12.1 Å². The molecular formula is C31H44N4O4. The van der Waals surface area contributed by atoms with Crippen molar-refractivity contribution in [3.8, 4) is 0 Å². The van der Waals surface area contributed by atoms with E-state index < -0.39 is 35.5 Å². The van der Waals surface area contributed by atoms with Gasteiger partial charge in [0.2, 0.25) is 0 Å². The number of nitrogens with one attached hydrogen (secondary N) is 1. The summed E-state index contributed by atoms with van der Waals surface area (Å²) < 4.78 is 5.95. The number of ether oxygens (including phenoxy) is 1. The number of likely N-dealkylation sites (tertiary alicyclic amines) is 1. The third kappa shape index (κ3) is 5.76. The highest BCUT2D eigenvalue weighted by atomic mass is 16.5. The molecule has 2 fully saturated rings. The molecule has 2 N–H and O–H groups in total. The summed E-state index contributed by atoms with van der Waals surface area (Å²) in [5.41, 5.74) is 2.45. The first kappa shape index (κ1) is 28.9. The predicted octanol–water partition coefficient (Wildman–Crippen LogP) is 5.32. The van der Waals surface area contributed by atoms with Crippen LogP contribution in [0.15, 0.2) is 42.6 Å². The number of aromatic nitrogens is 1. The van der Waals surface area contributed by atoms with E-state index in [1.165, 1.54) is 0 Å². The van der Waals surface area contributed by atoms with E-state index in [-0.39, 0.29) is 17.9 Å². The summed E-state index contributed by atoms with van der Waals surface area (Å²) in [6.07, 6.45) is 3.52. The summed E-state index contributed by atoms with van der Waals surface area (Å²) in [5, 5.41) is 14.5. The number of anilines is 2. The largest absolute Gasteiger partial charge is 0.480 e. The van der Waals surface area contributed by atoms with Crippen LogP contribution in [0, 0.1) is 11.3 Å². The number of nitrogens with zero attached hydrogens (tertiary/aromatic N) is 3. The Morgan fingerprint density at radius 1 is 1.13 bits per heavy atom. The minimum absolute atomic E-state index is 0.192. The lowest BCUT2D eigenvalue weighted by Gasteiger charge is -2.36. The molecule has 3 heterocycles. The van der Waals surface area contributed by atoms with Crippen LogP contribution in [0.4, 0.5) is 11.5 Å². The fourth-order valence-corrected chi connectivity index (χ4v) is 6.44. The van der Waals surface area contributed by atoms with Gasteiger partial charge in [0, 0.05) is 32.8 Å². The molecule has 2 aliphatic rings. The van der Waals surface area contributed by atoms with Crippen LogP contribution in [0.2, 0.25) is 0 Å². The van der Waals surface area contributed by atoms with Crippen LogP contribution in [0.5, 0.6) is 0 Å². The standard InChI is InChI=1S/C31H44N4O4/c1-19(2)20-13-8-9-14-21(20)26-25(33-22-15-12-17-32-28(22)34(6)7)24(31(3,4)5)27(30(37)38)35(26)29(36)23-16-10-11-18-39-23/h8-9,12-15,17,19,23-27,33H,10-11,16,18H2,1-7H3,(H,37,38)/t23-,24-,25-,26-,27-/m0/s1. The predicted molar refractivity (Wildman–Crippen MR) is 154 cm³/mol. The SMILES string of the molecule is CC(C)c1ccccc1[C@H]1[C@@H](Nc2cccnc2N(C)C)[C@H](C(C)(C)C)[C@@H](C(=O)O)N1C(=O)[C@@H]1CCCCO1. The Balaban J connectivity index is 1.96. The van der Waals surface area contributed by atoms with E-state index in [9.17, 15) is 14.7 Å². The Bertz CT molecular complexity index is 1170. The van der Waals surface area contributed by atoms with Gasteiger partial charge in [-0.3, -0.25) is 4.79 Å². The Morgan fingerprint density at radius 2 is 1.85 bits per heavy atom. The zero-order valence-electron chi connectivity index (χ0n) is 24.3. The number of carbonyl (C=O) groups is 2.